The van der Waals surface area contributed by atoms with Gasteiger partial charge in [0.05, 0.1) is 6.61 Å². The molecule has 0 N–H and O–H groups in total. The lowest BCUT2D eigenvalue weighted by Gasteiger charge is -2.26. The molecule has 1 aromatic rings. The van der Waals surface area contributed by atoms with Gasteiger partial charge in [0.2, 0.25) is 11.2 Å². The van der Waals surface area contributed by atoms with Gasteiger partial charge in [0, 0.05) is 19.1 Å². The number of halogens is 1. The lowest BCUT2D eigenvalue weighted by molar-refractivity contribution is 0.232. The lowest BCUT2D eigenvalue weighted by atomic mass is 10.2. The molecule has 0 spiro atoms. The topological polar surface area (TPSA) is 54.4 Å². The monoisotopic (exact) mass is 313 g/mol. The minimum atomic E-state index is 0.192. The quantitative estimate of drug-likeness (QED) is 0.769. The Balaban J connectivity index is 2.06. The molecule has 1 aromatic heterocycles. The Hall–Kier alpha value is -1.14. The normalized spacial score (nSPS) is 18.5. The summed E-state index contributed by atoms with van der Waals surface area (Å²) in [6, 6.07) is 0.869. The van der Waals surface area contributed by atoms with Gasteiger partial charge in [-0.25, -0.2) is 0 Å². The van der Waals surface area contributed by atoms with E-state index in [0.717, 1.165) is 39.0 Å². The molecule has 1 aliphatic rings. The molecule has 2 heterocycles. The molecule has 21 heavy (non-hydrogen) atoms. The number of hydrogen-bond acceptors (Lipinski definition) is 6. The Morgan fingerprint density at radius 3 is 2.67 bits per heavy atom. The van der Waals surface area contributed by atoms with Crippen LogP contribution in [0.15, 0.2) is 0 Å². The Morgan fingerprint density at radius 1 is 1.24 bits per heavy atom. The first-order valence-corrected chi connectivity index (χ1v) is 8.09. The zero-order valence-electron chi connectivity index (χ0n) is 13.0. The molecule has 118 valence electrons. The van der Waals surface area contributed by atoms with Gasteiger partial charge < -0.3 is 9.64 Å². The average molecular weight is 314 g/mol. The third kappa shape index (κ3) is 4.17. The minimum Gasteiger partial charge on any atom is -0.463 e. The number of ether oxygens (including phenoxy) is 1. The second-order valence-corrected chi connectivity index (χ2v) is 5.48. The molecular formula is C14H24ClN5O. The van der Waals surface area contributed by atoms with Crippen molar-refractivity contribution in [1.29, 1.82) is 0 Å². The van der Waals surface area contributed by atoms with Gasteiger partial charge in [-0.3, -0.25) is 4.90 Å². The minimum absolute atomic E-state index is 0.192. The van der Waals surface area contributed by atoms with Crippen LogP contribution in [0.3, 0.4) is 0 Å². The van der Waals surface area contributed by atoms with Crippen LogP contribution in [-0.2, 0) is 0 Å². The van der Waals surface area contributed by atoms with Crippen molar-refractivity contribution in [2.24, 2.45) is 0 Å². The molecular weight excluding hydrogens is 290 g/mol. The molecule has 0 saturated carbocycles. The predicted octanol–water partition coefficient (Wildman–Crippen LogP) is 2.23. The van der Waals surface area contributed by atoms with Gasteiger partial charge in [-0.15, -0.1) is 0 Å². The van der Waals surface area contributed by atoms with Crippen LogP contribution in [0, 0.1) is 0 Å². The molecule has 1 saturated heterocycles. The summed E-state index contributed by atoms with van der Waals surface area (Å²) in [5.74, 6) is 0.621. The number of rotatable bonds is 7. The van der Waals surface area contributed by atoms with Crippen LogP contribution in [0.2, 0.25) is 5.28 Å². The Kier molecular flexibility index (Phi) is 5.99. The number of likely N-dealkylation sites (N-methyl/N-ethyl adjacent to an activating group) is 1. The fourth-order valence-corrected chi connectivity index (χ4v) is 2.83. The van der Waals surface area contributed by atoms with Crippen molar-refractivity contribution in [3.05, 3.63) is 5.28 Å². The highest BCUT2D eigenvalue weighted by molar-refractivity contribution is 6.28. The van der Waals surface area contributed by atoms with E-state index in [1.54, 1.807) is 0 Å². The maximum Gasteiger partial charge on any atom is 0.322 e. The van der Waals surface area contributed by atoms with Crippen molar-refractivity contribution >= 4 is 17.5 Å². The van der Waals surface area contributed by atoms with Gasteiger partial charge in [0.1, 0.15) is 0 Å². The highest BCUT2D eigenvalue weighted by atomic mass is 35.5. The summed E-state index contributed by atoms with van der Waals surface area (Å²) in [4.78, 5) is 17.3. The summed E-state index contributed by atoms with van der Waals surface area (Å²) in [6.45, 7) is 11.0. The van der Waals surface area contributed by atoms with E-state index in [4.69, 9.17) is 16.3 Å². The zero-order valence-corrected chi connectivity index (χ0v) is 13.8. The molecule has 7 heteroatoms. The summed E-state index contributed by atoms with van der Waals surface area (Å²) in [7, 11) is 0. The third-order valence-corrected chi connectivity index (χ3v) is 3.96. The third-order valence-electron chi connectivity index (χ3n) is 3.79. The molecule has 1 aliphatic heterocycles. The molecule has 0 aromatic carbocycles. The largest absolute Gasteiger partial charge is 0.463 e. The number of nitrogens with zero attached hydrogens (tertiary/aromatic N) is 5. The maximum atomic E-state index is 5.98. The van der Waals surface area contributed by atoms with Gasteiger partial charge in [0.15, 0.2) is 0 Å². The molecule has 0 amide bonds. The molecule has 1 atom stereocenters. The SMILES string of the molecule is CCCOc1nc(Cl)nc(N2CCC(N(CC)CC)C2)n1. The van der Waals surface area contributed by atoms with Crippen LogP contribution in [0.5, 0.6) is 6.01 Å². The second-order valence-electron chi connectivity index (χ2n) is 5.15. The van der Waals surface area contributed by atoms with Crippen LogP contribution < -0.4 is 9.64 Å². The summed E-state index contributed by atoms with van der Waals surface area (Å²) >= 11 is 5.98. The van der Waals surface area contributed by atoms with E-state index < -0.39 is 0 Å². The van der Waals surface area contributed by atoms with Crippen molar-refractivity contribution in [2.75, 3.05) is 37.7 Å². The summed E-state index contributed by atoms with van der Waals surface area (Å²) in [6.07, 6.45) is 2.03. The molecule has 1 fully saturated rings. The highest BCUT2D eigenvalue weighted by Gasteiger charge is 2.28. The number of hydrogen-bond donors (Lipinski definition) is 0. The van der Waals surface area contributed by atoms with E-state index in [-0.39, 0.29) is 5.28 Å². The Morgan fingerprint density at radius 2 is 2.00 bits per heavy atom. The van der Waals surface area contributed by atoms with Gasteiger partial charge in [-0.2, -0.15) is 15.0 Å². The first-order chi connectivity index (χ1) is 10.2. The predicted molar refractivity (Wildman–Crippen MR) is 84.2 cm³/mol. The highest BCUT2D eigenvalue weighted by Crippen LogP contribution is 2.22. The van der Waals surface area contributed by atoms with Crippen LogP contribution in [-0.4, -0.2) is 58.7 Å². The van der Waals surface area contributed by atoms with E-state index in [1.165, 1.54) is 0 Å². The fraction of sp³-hybridized carbons (Fsp3) is 0.786. The molecule has 0 aliphatic carbocycles. The van der Waals surface area contributed by atoms with Crippen molar-refractivity contribution in [2.45, 2.75) is 39.7 Å². The first-order valence-electron chi connectivity index (χ1n) is 7.71. The van der Waals surface area contributed by atoms with Gasteiger partial charge in [-0.1, -0.05) is 20.8 Å². The van der Waals surface area contributed by atoms with Gasteiger partial charge >= 0.3 is 6.01 Å². The van der Waals surface area contributed by atoms with E-state index in [1.807, 2.05) is 6.92 Å². The van der Waals surface area contributed by atoms with Gasteiger partial charge in [0.25, 0.3) is 0 Å². The van der Waals surface area contributed by atoms with Crippen molar-refractivity contribution in [3.8, 4) is 6.01 Å². The standard InChI is InChI=1S/C14H24ClN5O/c1-4-9-21-14-17-12(15)16-13(18-14)20-8-7-11(10-20)19(5-2)6-3/h11H,4-10H2,1-3H3. The fourth-order valence-electron chi connectivity index (χ4n) is 2.68. The van der Waals surface area contributed by atoms with Crippen LogP contribution >= 0.6 is 11.6 Å². The van der Waals surface area contributed by atoms with Crippen LogP contribution in [0.1, 0.15) is 33.6 Å². The van der Waals surface area contributed by atoms with Crippen LogP contribution in [0.4, 0.5) is 5.95 Å². The summed E-state index contributed by atoms with van der Waals surface area (Å²) in [5, 5.41) is 0.192. The maximum absolute atomic E-state index is 5.98. The van der Waals surface area contributed by atoms with E-state index in [2.05, 4.69) is 38.6 Å². The van der Waals surface area contributed by atoms with E-state index >= 15 is 0 Å². The molecule has 1 unspecified atom stereocenters. The molecule has 6 nitrogen and oxygen atoms in total. The van der Waals surface area contributed by atoms with E-state index in [0.29, 0.717) is 24.6 Å². The lowest BCUT2D eigenvalue weighted by Crippen LogP contribution is -2.37. The Labute approximate surface area is 131 Å². The number of aromatic nitrogens is 3. The van der Waals surface area contributed by atoms with Crippen molar-refractivity contribution in [3.63, 3.8) is 0 Å². The first kappa shape index (κ1) is 16.2. The smallest absolute Gasteiger partial charge is 0.322 e. The van der Waals surface area contributed by atoms with Crippen molar-refractivity contribution < 1.29 is 4.74 Å². The van der Waals surface area contributed by atoms with Crippen LogP contribution in [0.25, 0.3) is 0 Å². The number of anilines is 1. The molecule has 2 rings (SSSR count). The van der Waals surface area contributed by atoms with E-state index in [9.17, 15) is 0 Å². The zero-order chi connectivity index (χ0) is 15.2. The molecule has 0 radical (unpaired) electrons. The summed E-state index contributed by atoms with van der Waals surface area (Å²) in [5.41, 5.74) is 0. The Bertz CT molecular complexity index is 455. The summed E-state index contributed by atoms with van der Waals surface area (Å²) < 4.78 is 5.47. The van der Waals surface area contributed by atoms with Crippen molar-refractivity contribution in [1.82, 2.24) is 19.9 Å². The average Bonchev–Trinajstić information content (AvgIpc) is 2.96. The molecule has 0 bridgehead atoms. The second kappa shape index (κ2) is 7.75. The van der Waals surface area contributed by atoms with Gasteiger partial charge in [-0.05, 0) is 37.5 Å².